The van der Waals surface area contributed by atoms with Gasteiger partial charge in [0.25, 0.3) is 0 Å². The van der Waals surface area contributed by atoms with Gasteiger partial charge in [-0.2, -0.15) is 0 Å². The zero-order chi connectivity index (χ0) is 29.5. The first-order chi connectivity index (χ1) is 20.2. The third-order valence-corrected chi connectivity index (χ3v) is 7.51. The van der Waals surface area contributed by atoms with Gasteiger partial charge in [-0.1, -0.05) is 29.8 Å². The molecule has 3 aromatic carbocycles. The summed E-state index contributed by atoms with van der Waals surface area (Å²) >= 11 is 6.24. The Hall–Kier alpha value is -4.92. The number of carbonyl (C=O) groups is 1. The summed E-state index contributed by atoms with van der Waals surface area (Å²) in [4.78, 5) is 28.7. The van der Waals surface area contributed by atoms with Gasteiger partial charge in [0.05, 0.1) is 22.8 Å². The summed E-state index contributed by atoms with van der Waals surface area (Å²) in [5.41, 5.74) is 5.19. The standard InChI is InChI=1S/C33H25ClN2O6/c1-3-41-21-12-20-5-4-17(2)36-31(20)26(13-21)35-16-24-27(37)11-10-22-30(18-6-8-19(9-7-18)33(39)40)23-14-25(34)28(38)15-29(23)42-32(22)24/h4-15,35,37H,3,16H2,1-2H3,(H,39,40)/p+1. The molecule has 8 nitrogen and oxygen atoms in total. The van der Waals surface area contributed by atoms with Crippen molar-refractivity contribution in [2.75, 3.05) is 6.61 Å². The van der Waals surface area contributed by atoms with Crippen molar-refractivity contribution in [2.24, 2.45) is 0 Å². The largest absolute Gasteiger partial charge is 0.507 e. The number of phenols is 1. The number of aromatic nitrogens is 1. The van der Waals surface area contributed by atoms with Crippen molar-refractivity contribution in [3.63, 3.8) is 0 Å². The second kappa shape index (κ2) is 10.8. The first-order valence-electron chi connectivity index (χ1n) is 13.4. The average Bonchev–Trinajstić information content (AvgIpc) is 2.97. The first kappa shape index (κ1) is 27.3. The molecule has 1 aromatic heterocycles. The summed E-state index contributed by atoms with van der Waals surface area (Å²) in [7, 11) is 0. The van der Waals surface area contributed by atoms with Crippen LogP contribution in [0.2, 0.25) is 5.02 Å². The molecule has 0 atom stereocenters. The van der Waals surface area contributed by atoms with Crippen molar-refractivity contribution >= 4 is 45.1 Å². The van der Waals surface area contributed by atoms with Crippen molar-refractivity contribution in [3.8, 4) is 33.9 Å². The quantitative estimate of drug-likeness (QED) is 0.150. The number of nitrogens with two attached hydrogens (primary N) is 1. The number of halogens is 1. The van der Waals surface area contributed by atoms with E-state index in [1.807, 2.05) is 43.4 Å². The molecular formula is C33H26ClN2O6+. The van der Waals surface area contributed by atoms with E-state index in [4.69, 9.17) is 25.7 Å². The monoisotopic (exact) mass is 581 g/mol. The number of phenolic OH excluding ortho intramolecular Hbond substituents is 1. The summed E-state index contributed by atoms with van der Waals surface area (Å²) in [5.74, 6) is 0.000270. The smallest absolute Gasteiger partial charge is 0.335 e. The van der Waals surface area contributed by atoms with Gasteiger partial charge < -0.3 is 24.7 Å². The number of pyridine rings is 1. The number of carboxylic acid groups (broad SMARTS) is 1. The fraction of sp³-hybridized carbons (Fsp3) is 0.121. The molecular weight excluding hydrogens is 556 g/mol. The first-order valence-corrected chi connectivity index (χ1v) is 13.7. The molecule has 2 heterocycles. The third-order valence-electron chi connectivity index (χ3n) is 7.21. The van der Waals surface area contributed by atoms with Gasteiger partial charge in [0.1, 0.15) is 34.9 Å². The Morgan fingerprint density at radius 1 is 1.05 bits per heavy atom. The molecule has 210 valence electrons. The van der Waals surface area contributed by atoms with Crippen molar-refractivity contribution in [1.82, 2.24) is 4.98 Å². The Bertz CT molecular complexity index is 2030. The molecule has 9 heteroatoms. The molecule has 1 aliphatic carbocycles. The van der Waals surface area contributed by atoms with Crippen LogP contribution in [0.15, 0.2) is 82.0 Å². The van der Waals surface area contributed by atoms with E-state index >= 15 is 0 Å². The number of ether oxygens (including phenoxy) is 1. The molecule has 0 saturated heterocycles. The van der Waals surface area contributed by atoms with Gasteiger partial charge in [-0.15, -0.1) is 0 Å². The van der Waals surface area contributed by atoms with Crippen LogP contribution in [0.4, 0.5) is 5.69 Å². The zero-order valence-corrected chi connectivity index (χ0v) is 23.5. The van der Waals surface area contributed by atoms with E-state index in [9.17, 15) is 19.8 Å². The van der Waals surface area contributed by atoms with E-state index < -0.39 is 11.4 Å². The van der Waals surface area contributed by atoms with Gasteiger partial charge in [0.15, 0.2) is 5.69 Å². The minimum absolute atomic E-state index is 0.0275. The number of hydrogen-bond donors (Lipinski definition) is 3. The number of hydrogen-bond acceptors (Lipinski definition) is 6. The van der Waals surface area contributed by atoms with Crippen molar-refractivity contribution in [2.45, 2.75) is 20.4 Å². The fourth-order valence-corrected chi connectivity index (χ4v) is 5.40. The van der Waals surface area contributed by atoms with Crippen LogP contribution in [0.25, 0.3) is 44.3 Å². The van der Waals surface area contributed by atoms with E-state index in [2.05, 4.69) is 0 Å². The summed E-state index contributed by atoms with van der Waals surface area (Å²) in [5, 5.41) is 24.0. The Labute approximate surface area is 245 Å². The molecule has 0 saturated carbocycles. The molecule has 0 unspecified atom stereocenters. The van der Waals surface area contributed by atoms with E-state index in [1.54, 1.807) is 30.3 Å². The normalized spacial score (nSPS) is 11.4. The topological polar surface area (TPSA) is 126 Å². The summed E-state index contributed by atoms with van der Waals surface area (Å²) < 4.78 is 12.1. The molecule has 2 aliphatic rings. The zero-order valence-electron chi connectivity index (χ0n) is 22.8. The minimum Gasteiger partial charge on any atom is -0.507 e. The van der Waals surface area contributed by atoms with E-state index in [1.165, 1.54) is 18.2 Å². The molecule has 0 bridgehead atoms. The minimum atomic E-state index is -1.04. The number of aromatic hydroxyl groups is 1. The van der Waals surface area contributed by atoms with E-state index in [-0.39, 0.29) is 22.9 Å². The number of benzene rings is 4. The Kier molecular flexibility index (Phi) is 7.02. The van der Waals surface area contributed by atoms with Crippen LogP contribution in [-0.4, -0.2) is 27.8 Å². The number of rotatable bonds is 7. The number of nitrogens with zero attached hydrogens (tertiary/aromatic N) is 1. The molecule has 0 spiro atoms. The maximum atomic E-state index is 12.5. The van der Waals surface area contributed by atoms with Crippen molar-refractivity contribution in [3.05, 3.63) is 105 Å². The van der Waals surface area contributed by atoms with Crippen LogP contribution in [0.1, 0.15) is 28.5 Å². The maximum Gasteiger partial charge on any atom is 0.335 e. The molecule has 4 aromatic rings. The number of carboxylic acids is 1. The lowest BCUT2D eigenvalue weighted by molar-refractivity contribution is -0.587. The molecule has 6 rings (SSSR count). The lowest BCUT2D eigenvalue weighted by Crippen LogP contribution is -2.76. The highest BCUT2D eigenvalue weighted by atomic mass is 35.5. The molecule has 42 heavy (non-hydrogen) atoms. The molecule has 0 radical (unpaired) electrons. The predicted molar refractivity (Wildman–Crippen MR) is 161 cm³/mol. The second-order valence-electron chi connectivity index (χ2n) is 9.96. The highest BCUT2D eigenvalue weighted by Gasteiger charge is 2.23. The lowest BCUT2D eigenvalue weighted by Gasteiger charge is -2.18. The SMILES string of the molecule is CCOc1cc([NH2+]Cc2c(O)ccc3c(-c4ccc(C(=O)O)cc4)c4cc(Cl)c(=O)cc-4oc23)c2nc(C)ccc2c1. The summed E-state index contributed by atoms with van der Waals surface area (Å²) in [6, 6.07) is 20.5. The Morgan fingerprint density at radius 2 is 1.83 bits per heavy atom. The van der Waals surface area contributed by atoms with Gasteiger partial charge in [-0.05, 0) is 61.9 Å². The van der Waals surface area contributed by atoms with Crippen LogP contribution < -0.4 is 15.5 Å². The molecule has 0 amide bonds. The highest BCUT2D eigenvalue weighted by Crippen LogP contribution is 2.43. The van der Waals surface area contributed by atoms with Gasteiger partial charge in [-0.3, -0.25) is 4.79 Å². The van der Waals surface area contributed by atoms with Crippen molar-refractivity contribution < 1.29 is 29.5 Å². The van der Waals surface area contributed by atoms with E-state index in [0.717, 1.165) is 22.3 Å². The van der Waals surface area contributed by atoms with Gasteiger partial charge in [-0.25, -0.2) is 9.78 Å². The van der Waals surface area contributed by atoms with Crippen LogP contribution in [-0.2, 0) is 6.54 Å². The number of aromatic carboxylic acids is 1. The molecule has 4 N–H and O–H groups in total. The molecule has 1 aliphatic heterocycles. The van der Waals surface area contributed by atoms with Crippen LogP contribution in [0, 0.1) is 6.92 Å². The van der Waals surface area contributed by atoms with Gasteiger partial charge in [0.2, 0.25) is 5.43 Å². The van der Waals surface area contributed by atoms with Gasteiger partial charge in [0, 0.05) is 39.7 Å². The summed E-state index contributed by atoms with van der Waals surface area (Å²) in [6.45, 7) is 4.66. The van der Waals surface area contributed by atoms with E-state index in [0.29, 0.717) is 51.3 Å². The predicted octanol–water partition coefficient (Wildman–Crippen LogP) is 6.27. The van der Waals surface area contributed by atoms with Crippen LogP contribution in [0.3, 0.4) is 0 Å². The molecule has 0 fully saturated rings. The Morgan fingerprint density at radius 3 is 2.57 bits per heavy atom. The number of fused-ring (bicyclic) bond motifs is 3. The summed E-state index contributed by atoms with van der Waals surface area (Å²) in [6.07, 6.45) is 0. The van der Waals surface area contributed by atoms with Gasteiger partial charge >= 0.3 is 5.97 Å². The highest BCUT2D eigenvalue weighted by molar-refractivity contribution is 6.31. The fourth-order valence-electron chi connectivity index (χ4n) is 5.24. The van der Waals surface area contributed by atoms with Crippen LogP contribution in [0.5, 0.6) is 11.5 Å². The third kappa shape index (κ3) is 4.91. The second-order valence-corrected chi connectivity index (χ2v) is 10.4. The maximum absolute atomic E-state index is 12.5. The lowest BCUT2D eigenvalue weighted by atomic mass is 9.92. The van der Waals surface area contributed by atoms with Crippen molar-refractivity contribution in [1.29, 1.82) is 0 Å². The average molecular weight is 582 g/mol. The Balaban J connectivity index is 1.54. The number of aryl methyl sites for hydroxylation is 1. The number of quaternary nitrogens is 1. The van der Waals surface area contributed by atoms with Crippen LogP contribution >= 0.6 is 11.6 Å².